The Bertz CT molecular complexity index is 863. The molecule has 2 aromatic rings. The molecule has 154 valence electrons. The van der Waals surface area contributed by atoms with Crippen molar-refractivity contribution in [2.45, 2.75) is 13.5 Å². The van der Waals surface area contributed by atoms with Gasteiger partial charge in [0.1, 0.15) is 23.8 Å². The summed E-state index contributed by atoms with van der Waals surface area (Å²) in [6.07, 6.45) is 0. The summed E-state index contributed by atoms with van der Waals surface area (Å²) in [7, 11) is 1.65. The van der Waals surface area contributed by atoms with Gasteiger partial charge in [0.25, 0.3) is 0 Å². The minimum atomic E-state index is 0.0495. The van der Waals surface area contributed by atoms with E-state index >= 15 is 0 Å². The molecule has 7 heteroatoms. The van der Waals surface area contributed by atoms with E-state index < -0.39 is 0 Å². The zero-order chi connectivity index (χ0) is 20.2. The van der Waals surface area contributed by atoms with Crippen LogP contribution in [0.25, 0.3) is 0 Å². The molecule has 1 saturated heterocycles. The average molecular weight is 397 g/mol. The summed E-state index contributed by atoms with van der Waals surface area (Å²) in [5.41, 5.74) is 3.86. The number of benzene rings is 2. The fourth-order valence-corrected chi connectivity index (χ4v) is 3.73. The van der Waals surface area contributed by atoms with Gasteiger partial charge in [-0.25, -0.2) is 0 Å². The number of ether oxygens (including phenoxy) is 3. The van der Waals surface area contributed by atoms with Crippen LogP contribution in [0.15, 0.2) is 36.4 Å². The van der Waals surface area contributed by atoms with Crippen LogP contribution in [0.1, 0.15) is 12.5 Å². The van der Waals surface area contributed by atoms with Crippen LogP contribution >= 0.6 is 0 Å². The highest BCUT2D eigenvalue weighted by Gasteiger charge is 2.28. The van der Waals surface area contributed by atoms with Gasteiger partial charge in [-0.3, -0.25) is 4.79 Å². The molecule has 0 radical (unpaired) electrons. The van der Waals surface area contributed by atoms with E-state index in [2.05, 4.69) is 16.3 Å². The highest BCUT2D eigenvalue weighted by atomic mass is 16.5. The predicted octanol–water partition coefficient (Wildman–Crippen LogP) is 2.89. The molecule has 1 amide bonds. The maximum atomic E-state index is 12.4. The van der Waals surface area contributed by atoms with Crippen molar-refractivity contribution >= 4 is 23.0 Å². The standard InChI is InChI=1S/C22H27N3O4/c1-3-25-21(26)14-23-19-12-17(24-8-10-28-11-9-24)13-20(22(19)25)29-15-16-4-6-18(27-2)7-5-16/h4-7,12-13,23H,3,8-11,14-15H2,1-2H3. The molecule has 0 saturated carbocycles. The second-order valence-corrected chi connectivity index (χ2v) is 7.07. The lowest BCUT2D eigenvalue weighted by molar-refractivity contribution is -0.117. The molecule has 2 aliphatic heterocycles. The number of morpholine rings is 1. The number of fused-ring (bicyclic) bond motifs is 1. The molecule has 0 bridgehead atoms. The van der Waals surface area contributed by atoms with E-state index in [1.807, 2.05) is 37.3 Å². The molecular weight excluding hydrogens is 370 g/mol. The van der Waals surface area contributed by atoms with Crippen LogP contribution in [0.3, 0.4) is 0 Å². The highest BCUT2D eigenvalue weighted by Crippen LogP contribution is 2.42. The monoisotopic (exact) mass is 397 g/mol. The molecule has 0 aliphatic carbocycles. The summed E-state index contributed by atoms with van der Waals surface area (Å²) in [6, 6.07) is 12.0. The molecule has 0 spiro atoms. The van der Waals surface area contributed by atoms with Crippen LogP contribution in [-0.4, -0.2) is 52.4 Å². The predicted molar refractivity (Wildman–Crippen MR) is 113 cm³/mol. The van der Waals surface area contributed by atoms with Gasteiger partial charge >= 0.3 is 0 Å². The molecule has 0 atom stereocenters. The molecule has 0 unspecified atom stereocenters. The number of carbonyl (C=O) groups is 1. The van der Waals surface area contributed by atoms with E-state index in [1.165, 1.54) is 0 Å². The molecule has 1 fully saturated rings. The summed E-state index contributed by atoms with van der Waals surface area (Å²) in [5, 5.41) is 3.26. The molecule has 2 aromatic carbocycles. The van der Waals surface area contributed by atoms with Crippen LogP contribution in [0.2, 0.25) is 0 Å². The smallest absolute Gasteiger partial charge is 0.246 e. The summed E-state index contributed by atoms with van der Waals surface area (Å²) in [4.78, 5) is 16.5. The van der Waals surface area contributed by atoms with Gasteiger partial charge in [-0.05, 0) is 30.7 Å². The molecule has 2 heterocycles. The lowest BCUT2D eigenvalue weighted by Crippen LogP contribution is -2.40. The molecule has 4 rings (SSSR count). The van der Waals surface area contributed by atoms with Gasteiger partial charge in [-0.15, -0.1) is 0 Å². The minimum Gasteiger partial charge on any atom is -0.497 e. The lowest BCUT2D eigenvalue weighted by atomic mass is 10.1. The van der Waals surface area contributed by atoms with Gasteiger partial charge in [0.05, 0.1) is 32.6 Å². The fraction of sp³-hybridized carbons (Fsp3) is 0.409. The third kappa shape index (κ3) is 4.10. The van der Waals surface area contributed by atoms with Crippen LogP contribution in [0.4, 0.5) is 17.1 Å². The minimum absolute atomic E-state index is 0.0495. The topological polar surface area (TPSA) is 63.3 Å². The second kappa shape index (κ2) is 8.61. The summed E-state index contributed by atoms with van der Waals surface area (Å²) in [6.45, 7) is 6.40. The molecule has 0 aromatic heterocycles. The third-order valence-electron chi connectivity index (χ3n) is 5.31. The lowest BCUT2D eigenvalue weighted by Gasteiger charge is -2.34. The number of anilines is 3. The fourth-order valence-electron chi connectivity index (χ4n) is 3.73. The van der Waals surface area contributed by atoms with Crippen molar-refractivity contribution in [1.82, 2.24) is 0 Å². The van der Waals surface area contributed by atoms with E-state index in [4.69, 9.17) is 14.2 Å². The van der Waals surface area contributed by atoms with Gasteiger partial charge in [0.2, 0.25) is 5.91 Å². The van der Waals surface area contributed by atoms with E-state index in [-0.39, 0.29) is 5.91 Å². The maximum absolute atomic E-state index is 12.4. The maximum Gasteiger partial charge on any atom is 0.246 e. The molecule has 29 heavy (non-hydrogen) atoms. The van der Waals surface area contributed by atoms with Crippen molar-refractivity contribution in [2.24, 2.45) is 0 Å². The highest BCUT2D eigenvalue weighted by molar-refractivity contribution is 6.05. The Kier molecular flexibility index (Phi) is 5.76. The summed E-state index contributed by atoms with van der Waals surface area (Å²) in [5.74, 6) is 1.57. The van der Waals surface area contributed by atoms with Crippen molar-refractivity contribution in [2.75, 3.05) is 61.6 Å². The third-order valence-corrected chi connectivity index (χ3v) is 5.31. The number of carbonyl (C=O) groups excluding carboxylic acids is 1. The van der Waals surface area contributed by atoms with Crippen molar-refractivity contribution in [3.8, 4) is 11.5 Å². The Balaban J connectivity index is 1.65. The zero-order valence-electron chi connectivity index (χ0n) is 16.9. The van der Waals surface area contributed by atoms with E-state index in [9.17, 15) is 4.79 Å². The second-order valence-electron chi connectivity index (χ2n) is 7.07. The first-order valence-corrected chi connectivity index (χ1v) is 10.00. The van der Waals surface area contributed by atoms with Crippen LogP contribution in [-0.2, 0) is 16.1 Å². The number of hydrogen-bond acceptors (Lipinski definition) is 6. The van der Waals surface area contributed by atoms with Gasteiger partial charge in [-0.1, -0.05) is 12.1 Å². The largest absolute Gasteiger partial charge is 0.497 e. The number of nitrogens with one attached hydrogen (secondary N) is 1. The van der Waals surface area contributed by atoms with E-state index in [0.29, 0.717) is 38.7 Å². The first-order valence-electron chi connectivity index (χ1n) is 10.00. The normalized spacial score (nSPS) is 16.3. The van der Waals surface area contributed by atoms with E-state index in [0.717, 1.165) is 41.5 Å². The Morgan fingerprint density at radius 3 is 2.59 bits per heavy atom. The Labute approximate surface area is 171 Å². The molecule has 2 aliphatic rings. The first-order chi connectivity index (χ1) is 14.2. The number of rotatable bonds is 6. The Morgan fingerprint density at radius 2 is 1.90 bits per heavy atom. The van der Waals surface area contributed by atoms with Crippen molar-refractivity contribution in [3.63, 3.8) is 0 Å². The van der Waals surface area contributed by atoms with Crippen LogP contribution in [0, 0.1) is 0 Å². The summed E-state index contributed by atoms with van der Waals surface area (Å²) >= 11 is 0. The van der Waals surface area contributed by atoms with E-state index in [1.54, 1.807) is 12.0 Å². The SMILES string of the molecule is CCN1C(=O)CNc2cc(N3CCOCC3)cc(OCc3ccc(OC)cc3)c21. The number of hydrogen-bond donors (Lipinski definition) is 1. The molecule has 1 N–H and O–H groups in total. The van der Waals surface area contributed by atoms with Gasteiger partial charge in [0.15, 0.2) is 0 Å². The van der Waals surface area contributed by atoms with Gasteiger partial charge in [-0.2, -0.15) is 0 Å². The number of likely N-dealkylation sites (N-methyl/N-ethyl adjacent to an activating group) is 1. The number of methoxy groups -OCH3 is 1. The quantitative estimate of drug-likeness (QED) is 0.809. The Morgan fingerprint density at radius 1 is 1.14 bits per heavy atom. The number of amides is 1. The van der Waals surface area contributed by atoms with Crippen LogP contribution < -0.4 is 24.6 Å². The average Bonchev–Trinajstić information content (AvgIpc) is 2.78. The van der Waals surface area contributed by atoms with Gasteiger partial charge < -0.3 is 29.3 Å². The molecule has 7 nitrogen and oxygen atoms in total. The number of nitrogens with zero attached hydrogens (tertiary/aromatic N) is 2. The first kappa shape index (κ1) is 19.4. The van der Waals surface area contributed by atoms with Gasteiger partial charge in [0, 0.05) is 31.4 Å². The van der Waals surface area contributed by atoms with Crippen molar-refractivity contribution in [3.05, 3.63) is 42.0 Å². The summed E-state index contributed by atoms with van der Waals surface area (Å²) < 4.78 is 16.9. The molecular formula is C22H27N3O4. The van der Waals surface area contributed by atoms with Crippen LogP contribution in [0.5, 0.6) is 11.5 Å². The van der Waals surface area contributed by atoms with Crippen molar-refractivity contribution in [1.29, 1.82) is 0 Å². The zero-order valence-corrected chi connectivity index (χ0v) is 16.9. The van der Waals surface area contributed by atoms with Crippen molar-refractivity contribution < 1.29 is 19.0 Å². The Hall–Kier alpha value is -2.93.